The highest BCUT2D eigenvalue weighted by Crippen LogP contribution is 2.31. The lowest BCUT2D eigenvalue weighted by Gasteiger charge is -2.22. The summed E-state index contributed by atoms with van der Waals surface area (Å²) >= 11 is 6.05. The molecule has 0 bridgehead atoms. The Bertz CT molecular complexity index is 396. The third kappa shape index (κ3) is 3.82. The van der Waals surface area contributed by atoms with Crippen molar-refractivity contribution in [2.45, 2.75) is 33.3 Å². The fourth-order valence-electron chi connectivity index (χ4n) is 1.87. The van der Waals surface area contributed by atoms with Gasteiger partial charge in [0.2, 0.25) is 0 Å². The van der Waals surface area contributed by atoms with Crippen LogP contribution in [0.5, 0.6) is 0 Å². The van der Waals surface area contributed by atoms with Crippen molar-refractivity contribution in [3.05, 3.63) is 17.0 Å². The lowest BCUT2D eigenvalue weighted by Crippen LogP contribution is -2.26. The monoisotopic (exact) mass is 269 g/mol. The summed E-state index contributed by atoms with van der Waals surface area (Å²) in [5.41, 5.74) is 0. The van der Waals surface area contributed by atoms with Crippen molar-refractivity contribution in [2.24, 2.45) is 5.92 Å². The van der Waals surface area contributed by atoms with Crippen molar-refractivity contribution >= 4 is 17.4 Å². The Balaban J connectivity index is 2.10. The summed E-state index contributed by atoms with van der Waals surface area (Å²) in [6, 6.07) is 1.84. The van der Waals surface area contributed by atoms with Crippen LogP contribution in [0.4, 0.5) is 5.82 Å². The summed E-state index contributed by atoms with van der Waals surface area (Å²) in [5.74, 6) is 2.40. The van der Waals surface area contributed by atoms with Gasteiger partial charge in [0.1, 0.15) is 17.6 Å². The first-order chi connectivity index (χ1) is 8.72. The molecule has 5 heteroatoms. The van der Waals surface area contributed by atoms with E-state index in [9.17, 15) is 0 Å². The molecule has 1 fully saturated rings. The van der Waals surface area contributed by atoms with Crippen LogP contribution in [-0.4, -0.2) is 29.7 Å². The lowest BCUT2D eigenvalue weighted by atomic mass is 10.3. The number of hydrogen-bond acceptors (Lipinski definition) is 4. The van der Waals surface area contributed by atoms with Crippen LogP contribution in [0, 0.1) is 5.92 Å². The average Bonchev–Trinajstić information content (AvgIpc) is 3.16. The van der Waals surface area contributed by atoms with Gasteiger partial charge in [-0.3, -0.25) is 0 Å². The van der Waals surface area contributed by atoms with Crippen LogP contribution in [0.1, 0.15) is 32.5 Å². The molecule has 0 saturated heterocycles. The van der Waals surface area contributed by atoms with Crippen LogP contribution in [0.2, 0.25) is 5.15 Å². The van der Waals surface area contributed by atoms with Gasteiger partial charge < -0.3 is 9.64 Å². The molecule has 2 rings (SSSR count). The first-order valence-corrected chi connectivity index (χ1v) is 6.96. The molecule has 1 aliphatic rings. The maximum atomic E-state index is 6.05. The Hall–Kier alpha value is -0.870. The number of halogens is 1. The van der Waals surface area contributed by atoms with E-state index in [4.69, 9.17) is 16.3 Å². The van der Waals surface area contributed by atoms with Gasteiger partial charge in [0, 0.05) is 25.8 Å². The van der Waals surface area contributed by atoms with E-state index in [1.165, 1.54) is 12.8 Å². The third-order valence-electron chi connectivity index (χ3n) is 3.04. The van der Waals surface area contributed by atoms with Crippen LogP contribution in [-0.2, 0) is 11.3 Å². The van der Waals surface area contributed by atoms with Gasteiger partial charge >= 0.3 is 0 Å². The number of rotatable bonds is 7. The summed E-state index contributed by atoms with van der Waals surface area (Å²) in [7, 11) is 0. The summed E-state index contributed by atoms with van der Waals surface area (Å²) < 4.78 is 5.33. The summed E-state index contributed by atoms with van der Waals surface area (Å²) in [5, 5.41) is 0.490. The van der Waals surface area contributed by atoms with Gasteiger partial charge in [0.25, 0.3) is 0 Å². The molecule has 0 N–H and O–H groups in total. The van der Waals surface area contributed by atoms with E-state index in [1.807, 2.05) is 13.0 Å². The van der Waals surface area contributed by atoms with Crippen LogP contribution in [0.3, 0.4) is 0 Å². The van der Waals surface area contributed by atoms with Gasteiger partial charge in [-0.05, 0) is 32.6 Å². The first-order valence-electron chi connectivity index (χ1n) is 6.59. The molecule has 1 aromatic heterocycles. The van der Waals surface area contributed by atoms with Crippen molar-refractivity contribution in [1.29, 1.82) is 0 Å². The molecule has 1 aliphatic carbocycles. The van der Waals surface area contributed by atoms with Crippen LogP contribution < -0.4 is 4.90 Å². The molecular weight excluding hydrogens is 250 g/mol. The minimum atomic E-state index is 0.422. The Morgan fingerprint density at radius 2 is 2.17 bits per heavy atom. The molecule has 0 unspecified atom stereocenters. The molecule has 1 aromatic rings. The van der Waals surface area contributed by atoms with E-state index in [0.29, 0.717) is 24.2 Å². The molecule has 0 aromatic carbocycles. The normalized spacial score (nSPS) is 14.8. The molecule has 0 radical (unpaired) electrons. The Morgan fingerprint density at radius 3 is 2.78 bits per heavy atom. The summed E-state index contributed by atoms with van der Waals surface area (Å²) in [6.45, 7) is 7.18. The van der Waals surface area contributed by atoms with E-state index in [-0.39, 0.29) is 0 Å². The van der Waals surface area contributed by atoms with E-state index >= 15 is 0 Å². The number of ether oxygens (including phenoxy) is 1. The van der Waals surface area contributed by atoms with Crippen LogP contribution in [0.25, 0.3) is 0 Å². The van der Waals surface area contributed by atoms with E-state index < -0.39 is 0 Å². The molecule has 1 saturated carbocycles. The molecular formula is C13H20ClN3O. The van der Waals surface area contributed by atoms with E-state index in [2.05, 4.69) is 21.8 Å². The molecule has 0 spiro atoms. The topological polar surface area (TPSA) is 38.2 Å². The van der Waals surface area contributed by atoms with Gasteiger partial charge in [0.15, 0.2) is 5.82 Å². The zero-order valence-electron chi connectivity index (χ0n) is 11.0. The van der Waals surface area contributed by atoms with Crippen molar-refractivity contribution in [3.8, 4) is 0 Å². The zero-order valence-corrected chi connectivity index (χ0v) is 11.8. The van der Waals surface area contributed by atoms with Crippen molar-refractivity contribution in [3.63, 3.8) is 0 Å². The highest BCUT2D eigenvalue weighted by atomic mass is 35.5. The fraction of sp³-hybridized carbons (Fsp3) is 0.692. The predicted molar refractivity (Wildman–Crippen MR) is 73.0 cm³/mol. The van der Waals surface area contributed by atoms with Crippen molar-refractivity contribution in [2.75, 3.05) is 24.6 Å². The molecule has 1 heterocycles. The highest BCUT2D eigenvalue weighted by Gasteiger charge is 2.24. The summed E-state index contributed by atoms with van der Waals surface area (Å²) in [6.07, 6.45) is 2.67. The molecule has 0 atom stereocenters. The molecule has 0 amide bonds. The second-order valence-corrected chi connectivity index (χ2v) is 4.97. The quantitative estimate of drug-likeness (QED) is 0.714. The maximum absolute atomic E-state index is 6.05. The maximum Gasteiger partial charge on any atom is 0.158 e. The molecule has 4 nitrogen and oxygen atoms in total. The predicted octanol–water partition coefficient (Wildman–Crippen LogP) is 2.90. The number of aromatic nitrogens is 2. The number of anilines is 1. The Morgan fingerprint density at radius 1 is 1.39 bits per heavy atom. The minimum absolute atomic E-state index is 0.422. The smallest absolute Gasteiger partial charge is 0.158 e. The van der Waals surface area contributed by atoms with Crippen molar-refractivity contribution < 1.29 is 4.74 Å². The number of nitrogens with zero attached hydrogens (tertiary/aromatic N) is 3. The minimum Gasteiger partial charge on any atom is -0.374 e. The first kappa shape index (κ1) is 13.6. The zero-order chi connectivity index (χ0) is 13.0. The molecule has 100 valence electrons. The Kier molecular flexibility index (Phi) is 4.78. The lowest BCUT2D eigenvalue weighted by molar-refractivity contribution is 0.128. The molecule has 0 aliphatic heterocycles. The SMILES string of the molecule is CCOCc1nc(Cl)cc(N(CC)CC2CC2)n1. The third-order valence-corrected chi connectivity index (χ3v) is 3.24. The highest BCUT2D eigenvalue weighted by molar-refractivity contribution is 6.29. The Labute approximate surface area is 113 Å². The largest absolute Gasteiger partial charge is 0.374 e. The second kappa shape index (κ2) is 6.34. The van der Waals surface area contributed by atoms with E-state index in [0.717, 1.165) is 24.8 Å². The van der Waals surface area contributed by atoms with Crippen LogP contribution >= 0.6 is 11.6 Å². The van der Waals surface area contributed by atoms with Gasteiger partial charge in [-0.2, -0.15) is 0 Å². The summed E-state index contributed by atoms with van der Waals surface area (Å²) in [4.78, 5) is 11.0. The van der Waals surface area contributed by atoms with Gasteiger partial charge in [-0.1, -0.05) is 11.6 Å². The standard InChI is InChI=1S/C13H20ClN3O/c1-3-17(8-10-5-6-10)13-7-11(14)15-12(16-13)9-18-4-2/h7,10H,3-6,8-9H2,1-2H3. The second-order valence-electron chi connectivity index (χ2n) is 4.58. The van der Waals surface area contributed by atoms with Gasteiger partial charge in [-0.25, -0.2) is 9.97 Å². The fourth-order valence-corrected chi connectivity index (χ4v) is 2.06. The number of hydrogen-bond donors (Lipinski definition) is 0. The molecule has 18 heavy (non-hydrogen) atoms. The average molecular weight is 270 g/mol. The van der Waals surface area contributed by atoms with Gasteiger partial charge in [-0.15, -0.1) is 0 Å². The van der Waals surface area contributed by atoms with E-state index in [1.54, 1.807) is 0 Å². The van der Waals surface area contributed by atoms with Gasteiger partial charge in [0.05, 0.1) is 0 Å². The van der Waals surface area contributed by atoms with Crippen LogP contribution in [0.15, 0.2) is 6.07 Å². The van der Waals surface area contributed by atoms with Crippen molar-refractivity contribution in [1.82, 2.24) is 9.97 Å².